The number of phenols is 2. The highest BCUT2D eigenvalue weighted by Crippen LogP contribution is 2.42. The minimum absolute atomic E-state index is 0.0331. The highest BCUT2D eigenvalue weighted by molar-refractivity contribution is 7.89. The van der Waals surface area contributed by atoms with E-state index in [1.54, 1.807) is 66.9 Å². The normalized spacial score (nSPS) is 17.9. The van der Waals surface area contributed by atoms with Gasteiger partial charge in [-0.25, -0.2) is 23.0 Å². The van der Waals surface area contributed by atoms with Crippen molar-refractivity contribution in [1.82, 2.24) is 38.8 Å². The first-order chi connectivity index (χ1) is 33.5. The summed E-state index contributed by atoms with van der Waals surface area (Å²) < 4.78 is 44.1. The molecule has 0 spiro atoms. The average Bonchev–Trinajstić information content (AvgIpc) is 4.08. The Morgan fingerprint density at radius 3 is 2.40 bits per heavy atom. The maximum atomic E-state index is 14.2. The number of phenolic OH excluding ortho intramolecular Hbond substituents is 2. The van der Waals surface area contributed by atoms with Crippen LogP contribution in [0.25, 0.3) is 39.4 Å². The number of aliphatic hydroxyl groups is 1. The molecule has 0 aliphatic carbocycles. The summed E-state index contributed by atoms with van der Waals surface area (Å²) in [5, 5.41) is 44.0. The summed E-state index contributed by atoms with van der Waals surface area (Å²) in [5.74, 6) is -1.32. The third-order valence-electron chi connectivity index (χ3n) is 14.2. The number of nitrogens with one attached hydrogen (secondary N) is 1. The van der Waals surface area contributed by atoms with Crippen molar-refractivity contribution in [2.75, 3.05) is 19.6 Å². The van der Waals surface area contributed by atoms with Gasteiger partial charge in [-0.15, -0.1) is 10.2 Å². The van der Waals surface area contributed by atoms with E-state index in [2.05, 4.69) is 15.5 Å². The van der Waals surface area contributed by atoms with E-state index in [0.717, 1.165) is 27.6 Å². The number of carbonyl (C=O) groups is 3. The molecule has 1 atom stereocenters. The number of pyridine rings is 2. The SMILES string of the molecule is CCNC(=O)c1nnc(-c2cc(C(C)C)c(O)cc2O)n1-c1ccc2c(c1)CN(S(=O)(=O)C1CCN(C(=O)Oc3ccc4nc5c(c(CC)c4c3)Cn3c-5cc4c(c3=O)COC(=O)C4(O)CC)CC1)C2. The summed E-state index contributed by atoms with van der Waals surface area (Å²) in [6.45, 7) is 10.0. The molecule has 10 rings (SSSR count). The van der Waals surface area contributed by atoms with Gasteiger partial charge in [-0.05, 0) is 103 Å². The molecule has 1 unspecified atom stereocenters. The van der Waals surface area contributed by atoms with Crippen molar-refractivity contribution in [3.05, 3.63) is 110 Å². The van der Waals surface area contributed by atoms with Gasteiger partial charge in [0.1, 0.15) is 23.9 Å². The number of aromatic nitrogens is 5. The molecule has 0 bridgehead atoms. The van der Waals surface area contributed by atoms with Crippen LogP contribution in [0.1, 0.15) is 109 Å². The van der Waals surface area contributed by atoms with E-state index in [1.807, 2.05) is 20.8 Å². The summed E-state index contributed by atoms with van der Waals surface area (Å²) in [6, 6.07) is 15.0. The number of piperidine rings is 1. The Morgan fingerprint density at radius 1 is 0.929 bits per heavy atom. The fraction of sp³-hybridized carbons (Fsp3) is 0.380. The van der Waals surface area contributed by atoms with Crippen molar-refractivity contribution in [3.63, 3.8) is 0 Å². The predicted octanol–water partition coefficient (Wildman–Crippen LogP) is 5.48. The Labute approximate surface area is 402 Å². The number of hydrogen-bond donors (Lipinski definition) is 4. The smallest absolute Gasteiger partial charge is 0.415 e. The van der Waals surface area contributed by atoms with Crippen LogP contribution in [0, 0.1) is 0 Å². The van der Waals surface area contributed by atoms with Crippen LogP contribution >= 0.6 is 0 Å². The number of aryl methyl sites for hydroxylation is 1. The second-order valence-electron chi connectivity index (χ2n) is 18.5. The third kappa shape index (κ3) is 7.46. The number of esters is 1. The summed E-state index contributed by atoms with van der Waals surface area (Å²) in [5.41, 5.74) is 4.38. The van der Waals surface area contributed by atoms with E-state index in [9.17, 15) is 42.9 Å². The number of sulfonamides is 1. The Hall–Kier alpha value is -7.16. The van der Waals surface area contributed by atoms with Gasteiger partial charge in [0.2, 0.25) is 15.8 Å². The van der Waals surface area contributed by atoms with Gasteiger partial charge >= 0.3 is 12.1 Å². The van der Waals surface area contributed by atoms with E-state index in [4.69, 9.17) is 14.5 Å². The number of amides is 2. The first kappa shape index (κ1) is 46.6. The van der Waals surface area contributed by atoms with Crippen molar-refractivity contribution < 1.29 is 47.6 Å². The molecule has 19 nitrogen and oxygen atoms in total. The number of likely N-dealkylation sites (tertiary alicyclic amines) is 1. The number of carbonyl (C=O) groups excluding carboxylic acids is 3. The molecule has 3 aromatic carbocycles. The highest BCUT2D eigenvalue weighted by Gasteiger charge is 2.46. The van der Waals surface area contributed by atoms with E-state index >= 15 is 0 Å². The molecule has 364 valence electrons. The van der Waals surface area contributed by atoms with Gasteiger partial charge in [0.05, 0.1) is 39.8 Å². The highest BCUT2D eigenvalue weighted by atomic mass is 32.2. The number of benzene rings is 3. The lowest BCUT2D eigenvalue weighted by molar-refractivity contribution is -0.172. The molecule has 2 amide bonds. The van der Waals surface area contributed by atoms with Gasteiger partial charge in [-0.2, -0.15) is 4.31 Å². The van der Waals surface area contributed by atoms with Gasteiger partial charge in [-0.1, -0.05) is 33.8 Å². The lowest BCUT2D eigenvalue weighted by Crippen LogP contribution is -2.46. The number of fused-ring (bicyclic) bond motifs is 6. The van der Waals surface area contributed by atoms with Crippen molar-refractivity contribution >= 4 is 38.9 Å². The van der Waals surface area contributed by atoms with Crippen LogP contribution in [0.3, 0.4) is 0 Å². The van der Waals surface area contributed by atoms with E-state index in [-0.39, 0.29) is 116 Å². The largest absolute Gasteiger partial charge is 0.508 e. The summed E-state index contributed by atoms with van der Waals surface area (Å²) in [7, 11) is -3.84. The zero-order valence-electron chi connectivity index (χ0n) is 39.3. The number of rotatable bonds is 10. The monoisotopic (exact) mass is 972 g/mol. The van der Waals surface area contributed by atoms with Crippen LogP contribution in [0.5, 0.6) is 17.2 Å². The molecule has 0 saturated carbocycles. The molecule has 6 aromatic rings. The number of hydrogen-bond acceptors (Lipinski definition) is 14. The third-order valence-corrected chi connectivity index (χ3v) is 16.5. The Morgan fingerprint density at radius 2 is 1.69 bits per heavy atom. The van der Waals surface area contributed by atoms with Crippen LogP contribution in [-0.2, 0) is 57.8 Å². The van der Waals surface area contributed by atoms with Crippen molar-refractivity contribution in [3.8, 4) is 45.7 Å². The molecule has 1 saturated heterocycles. The molecule has 20 heteroatoms. The predicted molar refractivity (Wildman–Crippen MR) is 255 cm³/mol. The molecule has 1 fully saturated rings. The van der Waals surface area contributed by atoms with Gasteiger partial charge in [0.25, 0.3) is 11.5 Å². The number of aromatic hydroxyl groups is 2. The standard InChI is InChI=1S/C50H52N8O11S/c1-6-32-34-18-30(11-12-39(34)52-43-36(32)24-57-40(43)20-38-37(47(57)62)25-68-48(63)50(38,65)7-2)69-49(64)55-15-13-31(14-16-55)70(66,67)56-22-27-9-10-29(17-28(27)23-56)58-44(53-54-45(58)46(61)51-8-3)35-19-33(26(4)5)41(59)21-42(35)60/h9-12,17-21,26,31,59-60,65H,6-8,13-16,22-25H2,1-5H3,(H,51,61). The number of nitrogens with zero attached hydrogens (tertiary/aromatic N) is 7. The van der Waals surface area contributed by atoms with Crippen molar-refractivity contribution in [1.29, 1.82) is 0 Å². The zero-order valence-corrected chi connectivity index (χ0v) is 40.1. The molecule has 4 N–H and O–H groups in total. The van der Waals surface area contributed by atoms with E-state index in [0.29, 0.717) is 41.1 Å². The Bertz CT molecular complexity index is 3380. The van der Waals surface area contributed by atoms with E-state index in [1.165, 1.54) is 19.8 Å². The summed E-state index contributed by atoms with van der Waals surface area (Å²) in [6.07, 6.45) is 0.370. The molecular formula is C50H52N8O11S. The molecule has 4 aliphatic rings. The van der Waals surface area contributed by atoms with Gasteiger partial charge in [0.15, 0.2) is 11.4 Å². The lowest BCUT2D eigenvalue weighted by atomic mass is 9.86. The first-order valence-corrected chi connectivity index (χ1v) is 25.0. The summed E-state index contributed by atoms with van der Waals surface area (Å²) in [4.78, 5) is 59.7. The topological polar surface area (TPSA) is 249 Å². The molecule has 70 heavy (non-hydrogen) atoms. The van der Waals surface area contributed by atoms with Gasteiger partial charge in [-0.3, -0.25) is 14.2 Å². The average molecular weight is 973 g/mol. The van der Waals surface area contributed by atoms with Gasteiger partial charge < -0.3 is 39.6 Å². The fourth-order valence-electron chi connectivity index (χ4n) is 10.3. The molecule has 7 heterocycles. The minimum Gasteiger partial charge on any atom is -0.508 e. The fourth-order valence-corrected chi connectivity index (χ4v) is 12.2. The van der Waals surface area contributed by atoms with Crippen LogP contribution in [0.15, 0.2) is 59.4 Å². The second kappa shape index (κ2) is 17.4. The minimum atomic E-state index is -3.84. The van der Waals surface area contributed by atoms with Crippen LogP contribution in [0.2, 0.25) is 0 Å². The Kier molecular flexibility index (Phi) is 11.5. The molecule has 4 aliphatic heterocycles. The zero-order chi connectivity index (χ0) is 49.6. The van der Waals surface area contributed by atoms with Crippen LogP contribution < -0.4 is 15.6 Å². The van der Waals surface area contributed by atoms with Crippen molar-refractivity contribution in [2.45, 2.75) is 103 Å². The second-order valence-corrected chi connectivity index (χ2v) is 20.7. The maximum Gasteiger partial charge on any atom is 0.415 e. The summed E-state index contributed by atoms with van der Waals surface area (Å²) >= 11 is 0. The van der Waals surface area contributed by atoms with Crippen LogP contribution in [-0.4, -0.2) is 100 Å². The molecule has 0 radical (unpaired) electrons. The molecule has 3 aromatic heterocycles. The number of cyclic esters (lactones) is 1. The Balaban J connectivity index is 0.834. The van der Waals surface area contributed by atoms with E-state index < -0.39 is 38.8 Å². The maximum absolute atomic E-state index is 14.2. The quantitative estimate of drug-likeness (QED) is 0.124. The number of ether oxygens (including phenoxy) is 2. The molecular weight excluding hydrogens is 921 g/mol. The first-order valence-electron chi connectivity index (χ1n) is 23.5. The van der Waals surface area contributed by atoms with Crippen LogP contribution in [0.4, 0.5) is 4.79 Å². The van der Waals surface area contributed by atoms with Gasteiger partial charge in [0, 0.05) is 61.0 Å². The lowest BCUT2D eigenvalue weighted by Gasteiger charge is -2.32. The van der Waals surface area contributed by atoms with Crippen molar-refractivity contribution in [2.24, 2.45) is 0 Å².